The first kappa shape index (κ1) is 20.4. The van der Waals surface area contributed by atoms with Crippen LogP contribution in [-0.2, 0) is 4.74 Å². The molecule has 0 aromatic heterocycles. The summed E-state index contributed by atoms with van der Waals surface area (Å²) in [5, 5.41) is 0. The third-order valence-corrected chi connectivity index (χ3v) is 6.07. The third-order valence-electron chi connectivity index (χ3n) is 4.37. The zero-order valence-corrected chi connectivity index (χ0v) is 15.9. The first-order valence-electron chi connectivity index (χ1n) is 8.50. The summed E-state index contributed by atoms with van der Waals surface area (Å²) in [6, 6.07) is 0.746. The van der Waals surface area contributed by atoms with Gasteiger partial charge in [0, 0.05) is 40.5 Å². The van der Waals surface area contributed by atoms with Gasteiger partial charge in [0.1, 0.15) is 0 Å². The van der Waals surface area contributed by atoms with Crippen LogP contribution in [0, 0.1) is 5.92 Å². The summed E-state index contributed by atoms with van der Waals surface area (Å²) in [5.41, 5.74) is 6.08. The average molecular weight is 351 g/mol. The zero-order chi connectivity index (χ0) is 17.7. The fraction of sp³-hybridized carbons (Fsp3) is 0.938. The molecule has 7 heteroatoms. The van der Waals surface area contributed by atoms with Gasteiger partial charge in [0.15, 0.2) is 0 Å². The number of likely N-dealkylation sites (N-methyl/N-ethyl adjacent to an activating group) is 1. The fourth-order valence-electron chi connectivity index (χ4n) is 2.82. The summed E-state index contributed by atoms with van der Waals surface area (Å²) >= 11 is 0. The lowest BCUT2D eigenvalue weighted by Gasteiger charge is -2.30. The summed E-state index contributed by atoms with van der Waals surface area (Å²) in [6.45, 7) is 7.54. The number of ether oxygens (including phenoxy) is 1. The van der Waals surface area contributed by atoms with E-state index in [1.165, 1.54) is 4.90 Å². The average Bonchev–Trinajstić information content (AvgIpc) is 2.39. The normalized spacial score (nSPS) is 20.1. The molecule has 0 unspecified atom stereocenters. The Bertz CT molecular complexity index is 379. The van der Waals surface area contributed by atoms with E-state index in [-0.39, 0.29) is 30.9 Å². The van der Waals surface area contributed by atoms with Gasteiger partial charge in [0.25, 0.3) is 0 Å². The van der Waals surface area contributed by atoms with Crippen molar-refractivity contribution in [2.75, 3.05) is 20.2 Å². The topological polar surface area (TPSA) is 55.6 Å². The van der Waals surface area contributed by atoms with Crippen molar-refractivity contribution in [1.82, 2.24) is 4.90 Å². The maximum absolute atomic E-state index is 13.1. The molecule has 136 valence electrons. The van der Waals surface area contributed by atoms with Crippen molar-refractivity contribution >= 4 is 14.2 Å². The molecule has 4 nitrogen and oxygen atoms in total. The van der Waals surface area contributed by atoms with Crippen LogP contribution in [0.5, 0.6) is 0 Å². The van der Waals surface area contributed by atoms with Crippen LogP contribution in [0.15, 0.2) is 0 Å². The quantitative estimate of drug-likeness (QED) is 0.708. The van der Waals surface area contributed by atoms with Gasteiger partial charge in [-0.1, -0.05) is 19.6 Å². The molecule has 0 heterocycles. The van der Waals surface area contributed by atoms with Crippen molar-refractivity contribution in [2.24, 2.45) is 11.7 Å². The molecule has 0 aromatic rings. The Morgan fingerprint density at radius 3 is 2.43 bits per heavy atom. The van der Waals surface area contributed by atoms with Crippen molar-refractivity contribution in [3.8, 4) is 0 Å². The van der Waals surface area contributed by atoms with Gasteiger partial charge < -0.3 is 15.4 Å². The molecule has 1 amide bonds. The van der Waals surface area contributed by atoms with Crippen LogP contribution >= 0.6 is 0 Å². The van der Waals surface area contributed by atoms with Crippen LogP contribution < -0.4 is 5.73 Å². The first-order chi connectivity index (χ1) is 10.5. The Morgan fingerprint density at radius 1 is 1.35 bits per heavy atom. The highest BCUT2D eigenvalue weighted by molar-refractivity contribution is 6.76. The third kappa shape index (κ3) is 8.65. The number of alkyl halides is 2. The number of halogens is 2. The number of nitrogens with zero attached hydrogens (tertiary/aromatic N) is 1. The maximum atomic E-state index is 13.1. The van der Waals surface area contributed by atoms with Gasteiger partial charge in [-0.2, -0.15) is 0 Å². The second-order valence-electron chi connectivity index (χ2n) is 8.10. The molecule has 0 aliphatic heterocycles. The first-order valence-corrected chi connectivity index (χ1v) is 12.2. The predicted octanol–water partition coefficient (Wildman–Crippen LogP) is 3.94. The number of carbonyl (C=O) groups excluding carboxylic acids is 1. The van der Waals surface area contributed by atoms with E-state index in [0.717, 1.165) is 6.04 Å². The highest BCUT2D eigenvalue weighted by Gasteiger charge is 2.35. The van der Waals surface area contributed by atoms with Crippen molar-refractivity contribution in [3.05, 3.63) is 0 Å². The number of nitrogens with two attached hydrogens (primary N) is 1. The molecule has 1 aliphatic carbocycles. The monoisotopic (exact) mass is 350 g/mol. The van der Waals surface area contributed by atoms with Gasteiger partial charge in [0.2, 0.25) is 5.92 Å². The van der Waals surface area contributed by atoms with Crippen LogP contribution in [0.1, 0.15) is 32.1 Å². The molecule has 0 radical (unpaired) electrons. The molecule has 23 heavy (non-hydrogen) atoms. The Kier molecular flexibility index (Phi) is 7.45. The van der Waals surface area contributed by atoms with Crippen molar-refractivity contribution in [3.63, 3.8) is 0 Å². The molecule has 0 saturated heterocycles. The summed E-state index contributed by atoms with van der Waals surface area (Å²) in [5.74, 6) is -2.27. The number of amides is 1. The van der Waals surface area contributed by atoms with Crippen LogP contribution in [0.4, 0.5) is 13.6 Å². The molecule has 0 aromatic carbocycles. The van der Waals surface area contributed by atoms with Gasteiger partial charge in [-0.05, 0) is 31.2 Å². The molecule has 1 saturated carbocycles. The highest BCUT2D eigenvalue weighted by Crippen LogP contribution is 2.37. The lowest BCUT2D eigenvalue weighted by atomic mass is 9.83. The SMILES string of the molecule is CN(C[C@@H](N)CC1CCC(F)(F)CC1)C(=O)OCC[Si](C)(C)C. The molecule has 1 aliphatic rings. The van der Waals surface area contributed by atoms with Crippen LogP contribution in [0.3, 0.4) is 0 Å². The van der Waals surface area contributed by atoms with E-state index >= 15 is 0 Å². The Hall–Kier alpha value is -0.693. The van der Waals surface area contributed by atoms with Crippen LogP contribution in [0.25, 0.3) is 0 Å². The number of hydrogen-bond donors (Lipinski definition) is 1. The smallest absolute Gasteiger partial charge is 0.409 e. The lowest BCUT2D eigenvalue weighted by molar-refractivity contribution is -0.0472. The molecule has 0 bridgehead atoms. The summed E-state index contributed by atoms with van der Waals surface area (Å²) < 4.78 is 31.5. The molecule has 0 spiro atoms. The van der Waals surface area contributed by atoms with E-state index in [0.29, 0.717) is 32.4 Å². The van der Waals surface area contributed by atoms with E-state index in [9.17, 15) is 13.6 Å². The predicted molar refractivity (Wildman–Crippen MR) is 91.6 cm³/mol. The molecular weight excluding hydrogens is 318 g/mol. The maximum Gasteiger partial charge on any atom is 0.409 e. The highest BCUT2D eigenvalue weighted by atomic mass is 28.3. The van der Waals surface area contributed by atoms with Gasteiger partial charge in [-0.25, -0.2) is 13.6 Å². The minimum atomic E-state index is -2.50. The van der Waals surface area contributed by atoms with Crippen LogP contribution in [-0.4, -0.2) is 51.2 Å². The number of hydrogen-bond acceptors (Lipinski definition) is 3. The molecule has 2 N–H and O–H groups in total. The minimum absolute atomic E-state index is 0.0427. The molecule has 1 atom stereocenters. The molecule has 1 rings (SSSR count). The second-order valence-corrected chi connectivity index (χ2v) is 13.7. The van der Waals surface area contributed by atoms with Gasteiger partial charge >= 0.3 is 6.09 Å². The molecular formula is C16H32F2N2O2Si. The Balaban J connectivity index is 2.25. The van der Waals surface area contributed by atoms with Gasteiger partial charge in [-0.3, -0.25) is 0 Å². The Morgan fingerprint density at radius 2 is 1.91 bits per heavy atom. The zero-order valence-electron chi connectivity index (χ0n) is 14.9. The molecule has 1 fully saturated rings. The largest absolute Gasteiger partial charge is 0.450 e. The number of rotatable bonds is 7. The summed E-state index contributed by atoms with van der Waals surface area (Å²) in [7, 11) is 0.459. The van der Waals surface area contributed by atoms with Gasteiger partial charge in [0.05, 0.1) is 6.61 Å². The van der Waals surface area contributed by atoms with E-state index in [4.69, 9.17) is 10.5 Å². The van der Waals surface area contributed by atoms with Crippen molar-refractivity contribution in [2.45, 2.75) is 69.8 Å². The van der Waals surface area contributed by atoms with Crippen molar-refractivity contribution in [1.29, 1.82) is 0 Å². The lowest BCUT2D eigenvalue weighted by Crippen LogP contribution is -2.41. The summed E-state index contributed by atoms with van der Waals surface area (Å²) in [4.78, 5) is 13.4. The van der Waals surface area contributed by atoms with Crippen LogP contribution in [0.2, 0.25) is 25.7 Å². The standard InChI is InChI=1S/C16H32F2N2O2Si/c1-20(15(21)22-9-10-23(2,3)4)12-14(19)11-13-5-7-16(17,18)8-6-13/h13-14H,5-12,19H2,1-4H3/t14-/m0/s1. The van der Waals surface area contributed by atoms with Gasteiger partial charge in [-0.15, -0.1) is 0 Å². The van der Waals surface area contributed by atoms with E-state index < -0.39 is 14.0 Å². The minimum Gasteiger partial charge on any atom is -0.450 e. The van der Waals surface area contributed by atoms with E-state index in [1.807, 2.05) is 0 Å². The fourth-order valence-corrected chi connectivity index (χ4v) is 3.53. The van der Waals surface area contributed by atoms with Crippen molar-refractivity contribution < 1.29 is 18.3 Å². The number of carbonyl (C=O) groups is 1. The van der Waals surface area contributed by atoms with E-state index in [2.05, 4.69) is 19.6 Å². The Labute approximate surface area is 139 Å². The van der Waals surface area contributed by atoms with E-state index in [1.54, 1.807) is 7.05 Å². The second kappa shape index (κ2) is 8.42. The summed E-state index contributed by atoms with van der Waals surface area (Å²) in [6.07, 6.45) is 1.28.